The van der Waals surface area contributed by atoms with E-state index in [-0.39, 0.29) is 5.78 Å². The first kappa shape index (κ1) is 20.6. The molecule has 0 atom stereocenters. The molecule has 154 valence electrons. The fourth-order valence-electron chi connectivity index (χ4n) is 3.51. The number of carbonyl (C=O) groups excluding carboxylic acids is 1. The third-order valence-corrected chi connectivity index (χ3v) is 7.01. The largest absolute Gasteiger partial charge is 0.343 e. The van der Waals surface area contributed by atoms with Crippen molar-refractivity contribution in [2.75, 3.05) is 5.75 Å². The summed E-state index contributed by atoms with van der Waals surface area (Å²) in [4.78, 5) is 14.3. The van der Waals surface area contributed by atoms with Crippen LogP contribution in [0.2, 0.25) is 0 Å². The topological polar surface area (TPSA) is 52.7 Å². The molecule has 0 unspecified atom stereocenters. The van der Waals surface area contributed by atoms with Crippen LogP contribution in [0.25, 0.3) is 0 Å². The molecular formula is C23H24N4OS2. The molecule has 30 heavy (non-hydrogen) atoms. The van der Waals surface area contributed by atoms with Gasteiger partial charge in [0.2, 0.25) is 0 Å². The summed E-state index contributed by atoms with van der Waals surface area (Å²) in [5.74, 6) is 1.32. The number of benzene rings is 1. The standard InChI is InChI=1S/C23H24N4OS2/c1-16-12-21(17(2)26(16)14-20-10-7-11-29-20)22(28)15-30-23-25-24-18(3)27(23)13-19-8-5-4-6-9-19/h4-12H,13-15H2,1-3H3. The predicted molar refractivity (Wildman–Crippen MR) is 123 cm³/mol. The van der Waals surface area contributed by atoms with E-state index in [0.717, 1.165) is 34.5 Å². The Morgan fingerprint density at radius 2 is 1.80 bits per heavy atom. The number of thiophene rings is 1. The fourth-order valence-corrected chi connectivity index (χ4v) is 5.07. The van der Waals surface area contributed by atoms with Crippen molar-refractivity contribution < 1.29 is 4.79 Å². The van der Waals surface area contributed by atoms with Crippen LogP contribution in [0, 0.1) is 20.8 Å². The third-order valence-electron chi connectivity index (χ3n) is 5.19. The van der Waals surface area contributed by atoms with Crippen LogP contribution in [0.5, 0.6) is 0 Å². The number of rotatable bonds is 8. The lowest BCUT2D eigenvalue weighted by atomic mass is 10.2. The Morgan fingerprint density at radius 3 is 2.53 bits per heavy atom. The Balaban J connectivity index is 1.47. The second kappa shape index (κ2) is 9.02. The number of aryl methyl sites for hydroxylation is 2. The lowest BCUT2D eigenvalue weighted by Gasteiger charge is -2.09. The summed E-state index contributed by atoms with van der Waals surface area (Å²) in [7, 11) is 0. The third kappa shape index (κ3) is 4.42. The fraction of sp³-hybridized carbons (Fsp3) is 0.261. The Bertz CT molecular complexity index is 1140. The number of hydrogen-bond acceptors (Lipinski definition) is 5. The summed E-state index contributed by atoms with van der Waals surface area (Å²) >= 11 is 3.19. The summed E-state index contributed by atoms with van der Waals surface area (Å²) in [5, 5.41) is 11.4. The van der Waals surface area contributed by atoms with Gasteiger partial charge in [0.25, 0.3) is 0 Å². The minimum Gasteiger partial charge on any atom is -0.343 e. The van der Waals surface area contributed by atoms with Crippen molar-refractivity contribution in [1.29, 1.82) is 0 Å². The van der Waals surface area contributed by atoms with Gasteiger partial charge in [-0.1, -0.05) is 48.2 Å². The molecule has 0 spiro atoms. The first-order chi connectivity index (χ1) is 14.5. The second-order valence-corrected chi connectivity index (χ2v) is 9.24. The molecule has 3 heterocycles. The summed E-state index contributed by atoms with van der Waals surface area (Å²) in [6.45, 7) is 7.54. The first-order valence-corrected chi connectivity index (χ1v) is 11.7. The summed E-state index contributed by atoms with van der Waals surface area (Å²) in [6, 6.07) is 16.4. The van der Waals surface area contributed by atoms with E-state index in [2.05, 4.69) is 55.9 Å². The summed E-state index contributed by atoms with van der Waals surface area (Å²) in [5.41, 5.74) is 4.11. The van der Waals surface area contributed by atoms with Gasteiger partial charge >= 0.3 is 0 Å². The van der Waals surface area contributed by atoms with Crippen molar-refractivity contribution in [3.8, 4) is 0 Å². The van der Waals surface area contributed by atoms with Crippen LogP contribution >= 0.6 is 23.1 Å². The molecule has 0 N–H and O–H groups in total. The molecule has 4 aromatic rings. The molecule has 3 aromatic heterocycles. The van der Waals surface area contributed by atoms with Crippen LogP contribution in [0.4, 0.5) is 0 Å². The van der Waals surface area contributed by atoms with Crippen LogP contribution in [0.15, 0.2) is 59.1 Å². The van der Waals surface area contributed by atoms with Crippen molar-refractivity contribution in [1.82, 2.24) is 19.3 Å². The number of hydrogen-bond donors (Lipinski definition) is 0. The molecule has 0 bridgehead atoms. The highest BCUT2D eigenvalue weighted by atomic mass is 32.2. The zero-order valence-electron chi connectivity index (χ0n) is 17.3. The maximum atomic E-state index is 13.0. The van der Waals surface area contributed by atoms with Crippen molar-refractivity contribution in [2.24, 2.45) is 0 Å². The molecule has 0 saturated heterocycles. The van der Waals surface area contributed by atoms with E-state index in [1.165, 1.54) is 22.2 Å². The van der Waals surface area contributed by atoms with Crippen molar-refractivity contribution in [3.05, 3.63) is 87.1 Å². The maximum Gasteiger partial charge on any atom is 0.191 e. The molecule has 0 saturated carbocycles. The highest BCUT2D eigenvalue weighted by molar-refractivity contribution is 7.99. The molecule has 0 aliphatic carbocycles. The molecule has 0 amide bonds. The van der Waals surface area contributed by atoms with Crippen molar-refractivity contribution in [3.63, 3.8) is 0 Å². The highest BCUT2D eigenvalue weighted by Crippen LogP contribution is 2.23. The first-order valence-electron chi connectivity index (χ1n) is 9.81. The molecule has 0 radical (unpaired) electrons. The molecule has 5 nitrogen and oxygen atoms in total. The molecule has 7 heteroatoms. The number of carbonyl (C=O) groups is 1. The van der Waals surface area contributed by atoms with Gasteiger partial charge in [-0.25, -0.2) is 0 Å². The predicted octanol–water partition coefficient (Wildman–Crippen LogP) is 5.14. The van der Waals surface area contributed by atoms with Gasteiger partial charge in [-0.15, -0.1) is 21.5 Å². The van der Waals surface area contributed by atoms with Crippen LogP contribution in [-0.2, 0) is 13.1 Å². The number of aromatic nitrogens is 4. The lowest BCUT2D eigenvalue weighted by Crippen LogP contribution is -2.08. The van der Waals surface area contributed by atoms with Gasteiger partial charge in [0.15, 0.2) is 10.9 Å². The minimum atomic E-state index is 0.123. The number of Topliss-reactive ketones (excluding diaryl/α,β-unsaturated/α-hetero) is 1. The van der Waals surface area contributed by atoms with Gasteiger partial charge in [0.05, 0.1) is 18.8 Å². The number of thioether (sulfide) groups is 1. The molecule has 0 fully saturated rings. The van der Waals surface area contributed by atoms with Crippen molar-refractivity contribution >= 4 is 28.9 Å². The van der Waals surface area contributed by atoms with E-state index in [1.807, 2.05) is 38.1 Å². The Morgan fingerprint density at radius 1 is 1.00 bits per heavy atom. The molecule has 0 aliphatic rings. The number of nitrogens with zero attached hydrogens (tertiary/aromatic N) is 4. The van der Waals surface area contributed by atoms with E-state index in [4.69, 9.17) is 0 Å². The van der Waals surface area contributed by atoms with Gasteiger partial charge in [-0.2, -0.15) is 0 Å². The highest BCUT2D eigenvalue weighted by Gasteiger charge is 2.18. The molecular weight excluding hydrogens is 412 g/mol. The van der Waals surface area contributed by atoms with Crippen LogP contribution in [0.1, 0.15) is 38.0 Å². The van der Waals surface area contributed by atoms with E-state index >= 15 is 0 Å². The normalized spacial score (nSPS) is 11.2. The van der Waals surface area contributed by atoms with E-state index in [0.29, 0.717) is 12.3 Å². The molecule has 1 aromatic carbocycles. The Labute approximate surface area is 184 Å². The lowest BCUT2D eigenvalue weighted by molar-refractivity contribution is 0.102. The van der Waals surface area contributed by atoms with Gasteiger partial charge in [0.1, 0.15) is 5.82 Å². The smallest absolute Gasteiger partial charge is 0.191 e. The SMILES string of the molecule is Cc1cc(C(=O)CSc2nnc(C)n2Cc2ccccc2)c(C)n1Cc1cccs1. The average molecular weight is 437 g/mol. The van der Waals surface area contributed by atoms with Gasteiger partial charge < -0.3 is 9.13 Å². The Hall–Kier alpha value is -2.64. The van der Waals surface area contributed by atoms with Crippen LogP contribution in [0.3, 0.4) is 0 Å². The van der Waals surface area contributed by atoms with Gasteiger partial charge in [-0.3, -0.25) is 4.79 Å². The van der Waals surface area contributed by atoms with E-state index in [1.54, 1.807) is 11.3 Å². The second-order valence-electron chi connectivity index (χ2n) is 7.26. The van der Waals surface area contributed by atoms with Crippen LogP contribution in [-0.4, -0.2) is 30.9 Å². The van der Waals surface area contributed by atoms with Gasteiger partial charge in [0, 0.05) is 21.8 Å². The van der Waals surface area contributed by atoms with E-state index < -0.39 is 0 Å². The summed E-state index contributed by atoms with van der Waals surface area (Å²) < 4.78 is 4.28. The Kier molecular flexibility index (Phi) is 6.20. The minimum absolute atomic E-state index is 0.123. The molecule has 0 aliphatic heterocycles. The molecule has 4 rings (SSSR count). The quantitative estimate of drug-likeness (QED) is 0.284. The van der Waals surface area contributed by atoms with E-state index in [9.17, 15) is 4.79 Å². The summed E-state index contributed by atoms with van der Waals surface area (Å²) in [6.07, 6.45) is 0. The van der Waals surface area contributed by atoms with Gasteiger partial charge in [-0.05, 0) is 43.8 Å². The maximum absolute atomic E-state index is 13.0. The number of ketones is 1. The zero-order chi connectivity index (χ0) is 21.1. The average Bonchev–Trinajstić information content (AvgIpc) is 3.45. The van der Waals surface area contributed by atoms with Crippen molar-refractivity contribution in [2.45, 2.75) is 39.0 Å². The monoisotopic (exact) mass is 436 g/mol. The van der Waals surface area contributed by atoms with Crippen LogP contribution < -0.4 is 0 Å². The zero-order valence-corrected chi connectivity index (χ0v) is 19.0.